The summed E-state index contributed by atoms with van der Waals surface area (Å²) in [5.74, 6) is 1.58. The summed E-state index contributed by atoms with van der Waals surface area (Å²) in [6, 6.07) is 9.47. The zero-order valence-electron chi connectivity index (χ0n) is 14.4. The molecule has 0 bridgehead atoms. The van der Waals surface area contributed by atoms with Gasteiger partial charge in [0, 0.05) is 37.8 Å². The van der Waals surface area contributed by atoms with Crippen LogP contribution in [0.25, 0.3) is 0 Å². The van der Waals surface area contributed by atoms with Crippen LogP contribution >= 0.6 is 0 Å². The Morgan fingerprint density at radius 3 is 2.84 bits per heavy atom. The highest BCUT2D eigenvalue weighted by atomic mass is 16.5. The second-order valence-corrected chi connectivity index (χ2v) is 5.91. The number of carbonyl (C=O) groups is 1. The van der Waals surface area contributed by atoms with Crippen LogP contribution < -0.4 is 15.5 Å². The van der Waals surface area contributed by atoms with Crippen LogP contribution in [0.15, 0.2) is 36.7 Å². The largest absolute Gasteiger partial charge is 0.378 e. The molecule has 0 unspecified atom stereocenters. The summed E-state index contributed by atoms with van der Waals surface area (Å²) in [5, 5.41) is 6.12. The first-order chi connectivity index (χ1) is 12.2. The van der Waals surface area contributed by atoms with Crippen molar-refractivity contribution in [2.24, 2.45) is 0 Å². The number of nitrogens with one attached hydrogen (secondary N) is 2. The Hall–Kier alpha value is -2.67. The second kappa shape index (κ2) is 8.43. The number of anilines is 2. The van der Waals surface area contributed by atoms with Gasteiger partial charge < -0.3 is 20.3 Å². The minimum absolute atomic E-state index is 0.0674. The number of nitrogens with zero attached hydrogens (tertiary/aromatic N) is 3. The van der Waals surface area contributed by atoms with Gasteiger partial charge in [0.05, 0.1) is 13.2 Å². The van der Waals surface area contributed by atoms with E-state index in [2.05, 4.69) is 25.5 Å². The normalized spacial score (nSPS) is 14.2. The smallest absolute Gasteiger partial charge is 0.251 e. The summed E-state index contributed by atoms with van der Waals surface area (Å²) >= 11 is 0. The number of ether oxygens (including phenoxy) is 1. The topological polar surface area (TPSA) is 79.4 Å². The first kappa shape index (κ1) is 17.2. The Balaban J connectivity index is 1.46. The standard InChI is InChI=1S/C18H23N5O2/c1-14-3-2-4-15(11-14)18(24)20-6-5-19-16-12-17(22-13-21-16)23-7-9-25-10-8-23/h2-4,11-13H,5-10H2,1H3,(H,20,24)(H,19,21,22). The molecule has 7 heteroatoms. The van der Waals surface area contributed by atoms with Crippen LogP contribution in [-0.2, 0) is 4.74 Å². The molecule has 2 N–H and O–H groups in total. The van der Waals surface area contributed by atoms with Crippen molar-refractivity contribution in [3.8, 4) is 0 Å². The first-order valence-corrected chi connectivity index (χ1v) is 8.46. The van der Waals surface area contributed by atoms with Crippen molar-refractivity contribution < 1.29 is 9.53 Å². The molecule has 1 aliphatic rings. The number of morpholine rings is 1. The maximum absolute atomic E-state index is 12.1. The maximum atomic E-state index is 12.1. The molecule has 2 heterocycles. The van der Waals surface area contributed by atoms with Gasteiger partial charge in [-0.15, -0.1) is 0 Å². The number of aryl methyl sites for hydroxylation is 1. The maximum Gasteiger partial charge on any atom is 0.251 e. The third-order valence-electron chi connectivity index (χ3n) is 3.98. The van der Waals surface area contributed by atoms with Crippen LogP contribution in [0.4, 0.5) is 11.6 Å². The molecule has 2 aromatic rings. The molecule has 1 amide bonds. The molecule has 1 aliphatic heterocycles. The number of rotatable bonds is 6. The zero-order valence-corrected chi connectivity index (χ0v) is 14.4. The number of carbonyl (C=O) groups excluding carboxylic acids is 1. The molecular weight excluding hydrogens is 318 g/mol. The second-order valence-electron chi connectivity index (χ2n) is 5.91. The first-order valence-electron chi connectivity index (χ1n) is 8.46. The number of benzene rings is 1. The van der Waals surface area contributed by atoms with Gasteiger partial charge in [0.25, 0.3) is 5.91 Å². The molecule has 0 aliphatic carbocycles. The summed E-state index contributed by atoms with van der Waals surface area (Å²) in [4.78, 5) is 22.8. The summed E-state index contributed by atoms with van der Waals surface area (Å²) < 4.78 is 5.36. The predicted molar refractivity (Wildman–Crippen MR) is 97.1 cm³/mol. The van der Waals surface area contributed by atoms with Crippen molar-refractivity contribution in [3.05, 3.63) is 47.8 Å². The molecule has 0 atom stereocenters. The van der Waals surface area contributed by atoms with Crippen LogP contribution in [0.2, 0.25) is 0 Å². The van der Waals surface area contributed by atoms with E-state index in [4.69, 9.17) is 4.74 Å². The fourth-order valence-corrected chi connectivity index (χ4v) is 2.66. The predicted octanol–water partition coefficient (Wildman–Crippen LogP) is 1.46. The number of hydrogen-bond donors (Lipinski definition) is 2. The van der Waals surface area contributed by atoms with E-state index in [0.717, 1.165) is 43.5 Å². The van der Waals surface area contributed by atoms with E-state index in [1.165, 1.54) is 0 Å². The van der Waals surface area contributed by atoms with E-state index in [0.29, 0.717) is 18.7 Å². The van der Waals surface area contributed by atoms with Crippen LogP contribution in [0.5, 0.6) is 0 Å². The van der Waals surface area contributed by atoms with Gasteiger partial charge in [0.2, 0.25) is 0 Å². The lowest BCUT2D eigenvalue weighted by Gasteiger charge is -2.27. The van der Waals surface area contributed by atoms with E-state index in [9.17, 15) is 4.79 Å². The highest BCUT2D eigenvalue weighted by Crippen LogP contribution is 2.15. The van der Waals surface area contributed by atoms with Crippen molar-refractivity contribution >= 4 is 17.5 Å². The monoisotopic (exact) mass is 341 g/mol. The van der Waals surface area contributed by atoms with Gasteiger partial charge in [-0.25, -0.2) is 9.97 Å². The quantitative estimate of drug-likeness (QED) is 0.775. The third-order valence-corrected chi connectivity index (χ3v) is 3.98. The SMILES string of the molecule is Cc1cccc(C(=O)NCCNc2cc(N3CCOCC3)ncn2)c1. The molecule has 132 valence electrons. The zero-order chi connectivity index (χ0) is 17.5. The molecule has 1 aromatic carbocycles. The van der Waals surface area contributed by atoms with Crippen molar-refractivity contribution in [1.29, 1.82) is 0 Å². The average molecular weight is 341 g/mol. The van der Waals surface area contributed by atoms with Crippen molar-refractivity contribution in [2.45, 2.75) is 6.92 Å². The molecule has 1 aromatic heterocycles. The van der Waals surface area contributed by atoms with Gasteiger partial charge in [0.1, 0.15) is 18.0 Å². The Kier molecular flexibility index (Phi) is 5.79. The highest BCUT2D eigenvalue weighted by Gasteiger charge is 2.13. The molecule has 1 fully saturated rings. The Morgan fingerprint density at radius 1 is 1.20 bits per heavy atom. The van der Waals surface area contributed by atoms with Gasteiger partial charge in [-0.2, -0.15) is 0 Å². The molecule has 25 heavy (non-hydrogen) atoms. The minimum atomic E-state index is -0.0674. The van der Waals surface area contributed by atoms with Crippen LogP contribution in [0.1, 0.15) is 15.9 Å². The molecule has 0 saturated carbocycles. The molecule has 7 nitrogen and oxygen atoms in total. The van der Waals surface area contributed by atoms with E-state index in [1.54, 1.807) is 6.33 Å². The van der Waals surface area contributed by atoms with Gasteiger partial charge in [-0.05, 0) is 19.1 Å². The van der Waals surface area contributed by atoms with Gasteiger partial charge in [0.15, 0.2) is 0 Å². The number of aromatic nitrogens is 2. The van der Waals surface area contributed by atoms with Crippen molar-refractivity contribution in [1.82, 2.24) is 15.3 Å². The summed E-state index contributed by atoms with van der Waals surface area (Å²) in [6.07, 6.45) is 1.55. The number of amides is 1. The highest BCUT2D eigenvalue weighted by molar-refractivity contribution is 5.94. The van der Waals surface area contributed by atoms with E-state index in [1.807, 2.05) is 37.3 Å². The fourth-order valence-electron chi connectivity index (χ4n) is 2.66. The lowest BCUT2D eigenvalue weighted by atomic mass is 10.1. The summed E-state index contributed by atoms with van der Waals surface area (Å²) in [7, 11) is 0. The van der Waals surface area contributed by atoms with Gasteiger partial charge in [-0.3, -0.25) is 4.79 Å². The molecule has 3 rings (SSSR count). The van der Waals surface area contributed by atoms with E-state index in [-0.39, 0.29) is 5.91 Å². The molecule has 0 spiro atoms. The molecule has 0 radical (unpaired) electrons. The van der Waals surface area contributed by atoms with Crippen molar-refractivity contribution in [3.63, 3.8) is 0 Å². The fraction of sp³-hybridized carbons (Fsp3) is 0.389. The van der Waals surface area contributed by atoms with Crippen molar-refractivity contribution in [2.75, 3.05) is 49.6 Å². The van der Waals surface area contributed by atoms with Crippen LogP contribution in [0, 0.1) is 6.92 Å². The Bertz CT molecular complexity index is 716. The number of hydrogen-bond acceptors (Lipinski definition) is 6. The Morgan fingerprint density at radius 2 is 2.04 bits per heavy atom. The van der Waals surface area contributed by atoms with Gasteiger partial charge in [-0.1, -0.05) is 17.7 Å². The Labute approximate surface area is 147 Å². The van der Waals surface area contributed by atoms with E-state index >= 15 is 0 Å². The summed E-state index contributed by atoms with van der Waals surface area (Å²) in [6.45, 7) is 6.20. The lowest BCUT2D eigenvalue weighted by Crippen LogP contribution is -2.36. The third kappa shape index (κ3) is 4.90. The van der Waals surface area contributed by atoms with Crippen LogP contribution in [0.3, 0.4) is 0 Å². The summed E-state index contributed by atoms with van der Waals surface area (Å²) in [5.41, 5.74) is 1.75. The van der Waals surface area contributed by atoms with Crippen LogP contribution in [-0.4, -0.2) is 55.3 Å². The minimum Gasteiger partial charge on any atom is -0.378 e. The average Bonchev–Trinajstić information content (AvgIpc) is 2.66. The van der Waals surface area contributed by atoms with E-state index < -0.39 is 0 Å². The molecule has 1 saturated heterocycles. The lowest BCUT2D eigenvalue weighted by molar-refractivity contribution is 0.0955. The molecular formula is C18H23N5O2. The van der Waals surface area contributed by atoms with Gasteiger partial charge >= 0.3 is 0 Å².